The number of likely N-dealkylation sites (tertiary alicyclic amines) is 1. The van der Waals surface area contributed by atoms with Gasteiger partial charge in [-0.1, -0.05) is 74.0 Å². The molecule has 0 spiro atoms. The number of nitrogens with zero attached hydrogens (tertiary/aromatic N) is 1. The van der Waals surface area contributed by atoms with E-state index in [2.05, 4.69) is 0 Å². The zero-order valence-electron chi connectivity index (χ0n) is 14.6. The molecular weight excluding hydrogens is 350 g/mol. The fourth-order valence-corrected chi connectivity index (χ4v) is 3.47. The van der Waals surface area contributed by atoms with E-state index in [-0.39, 0.29) is 17.3 Å². The predicted octanol–water partition coefficient (Wildman–Crippen LogP) is 4.42. The number of carbonyl (C=O) groups excluding carboxylic acids is 2. The summed E-state index contributed by atoms with van der Waals surface area (Å²) in [7, 11) is 0. The summed E-state index contributed by atoms with van der Waals surface area (Å²) in [4.78, 5) is 26.9. The minimum Gasteiger partial charge on any atom is -0.507 e. The van der Waals surface area contributed by atoms with Gasteiger partial charge in [0.2, 0.25) is 0 Å². The molecule has 4 nitrogen and oxygen atoms in total. The average molecular weight is 370 g/mol. The summed E-state index contributed by atoms with van der Waals surface area (Å²) in [5, 5.41) is 11.3. The summed E-state index contributed by atoms with van der Waals surface area (Å²) < 4.78 is 0. The molecule has 1 aliphatic rings. The first-order valence-electron chi connectivity index (χ1n) is 8.50. The van der Waals surface area contributed by atoms with Crippen molar-refractivity contribution in [2.45, 2.75) is 19.9 Å². The number of hydrogen-bond acceptors (Lipinski definition) is 3. The van der Waals surface area contributed by atoms with Crippen LogP contribution < -0.4 is 0 Å². The Morgan fingerprint density at radius 1 is 1.08 bits per heavy atom. The Labute approximate surface area is 157 Å². The quantitative estimate of drug-likeness (QED) is 0.493. The molecule has 5 heteroatoms. The topological polar surface area (TPSA) is 57.6 Å². The maximum atomic E-state index is 12.8. The molecule has 0 radical (unpaired) electrons. The lowest BCUT2D eigenvalue weighted by Crippen LogP contribution is -2.33. The molecule has 26 heavy (non-hydrogen) atoms. The fourth-order valence-electron chi connectivity index (χ4n) is 3.23. The van der Waals surface area contributed by atoms with E-state index in [1.54, 1.807) is 48.5 Å². The number of aliphatic hydroxyl groups excluding tert-OH is 1. The summed E-state index contributed by atoms with van der Waals surface area (Å²) in [6.45, 7) is 4.34. The van der Waals surface area contributed by atoms with Gasteiger partial charge in [0.05, 0.1) is 11.6 Å². The Morgan fingerprint density at radius 3 is 2.31 bits per heavy atom. The van der Waals surface area contributed by atoms with E-state index in [1.165, 1.54) is 4.90 Å². The van der Waals surface area contributed by atoms with Gasteiger partial charge in [-0.25, -0.2) is 0 Å². The molecule has 3 rings (SSSR count). The number of Topliss-reactive ketones (excluding diaryl/α,β-unsaturated/α-hetero) is 1. The van der Waals surface area contributed by atoms with Gasteiger partial charge >= 0.3 is 0 Å². The van der Waals surface area contributed by atoms with Crippen molar-refractivity contribution >= 4 is 29.1 Å². The van der Waals surface area contributed by atoms with E-state index in [4.69, 9.17) is 11.6 Å². The lowest BCUT2D eigenvalue weighted by atomic mass is 9.95. The lowest BCUT2D eigenvalue weighted by molar-refractivity contribution is -0.140. The van der Waals surface area contributed by atoms with Crippen LogP contribution in [0.4, 0.5) is 0 Å². The minimum atomic E-state index is -0.702. The van der Waals surface area contributed by atoms with Gasteiger partial charge in [-0.3, -0.25) is 9.59 Å². The number of benzene rings is 2. The van der Waals surface area contributed by atoms with Gasteiger partial charge in [0.25, 0.3) is 11.7 Å². The van der Waals surface area contributed by atoms with E-state index in [9.17, 15) is 14.7 Å². The second-order valence-corrected chi connectivity index (χ2v) is 7.14. The number of halogens is 1. The van der Waals surface area contributed by atoms with Gasteiger partial charge in [0.1, 0.15) is 5.76 Å². The molecule has 1 atom stereocenters. The van der Waals surface area contributed by atoms with Gasteiger partial charge in [-0.05, 0) is 17.5 Å². The van der Waals surface area contributed by atoms with E-state index in [0.29, 0.717) is 22.7 Å². The molecule has 2 aromatic rings. The molecular formula is C21H20ClNO3. The van der Waals surface area contributed by atoms with Gasteiger partial charge in [0.15, 0.2) is 0 Å². The fraction of sp³-hybridized carbons (Fsp3) is 0.238. The highest BCUT2D eigenvalue weighted by Crippen LogP contribution is 2.41. The van der Waals surface area contributed by atoms with Crippen molar-refractivity contribution in [3.05, 3.63) is 76.3 Å². The molecule has 0 bridgehead atoms. The van der Waals surface area contributed by atoms with E-state index in [1.807, 2.05) is 19.9 Å². The number of aliphatic hydroxyl groups is 1. The van der Waals surface area contributed by atoms with Crippen LogP contribution in [0.25, 0.3) is 5.76 Å². The highest BCUT2D eigenvalue weighted by atomic mass is 35.5. The number of hydrogen-bond donors (Lipinski definition) is 1. The molecule has 2 aromatic carbocycles. The Balaban J connectivity index is 2.22. The first-order valence-corrected chi connectivity index (χ1v) is 8.88. The SMILES string of the molecule is CC(C)CN1C(=O)C(=O)/C(=C(/O)c2ccccc2)C1c1ccccc1Cl. The molecule has 0 saturated carbocycles. The third-order valence-electron chi connectivity index (χ3n) is 4.35. The van der Waals surface area contributed by atoms with Gasteiger partial charge in [-0.15, -0.1) is 0 Å². The van der Waals surface area contributed by atoms with Gasteiger partial charge < -0.3 is 10.0 Å². The summed E-state index contributed by atoms with van der Waals surface area (Å²) in [6.07, 6.45) is 0. The summed E-state index contributed by atoms with van der Waals surface area (Å²) in [6, 6.07) is 15.2. The second-order valence-electron chi connectivity index (χ2n) is 6.73. The van der Waals surface area contributed by atoms with Crippen LogP contribution >= 0.6 is 11.6 Å². The monoisotopic (exact) mass is 369 g/mol. The molecule has 1 unspecified atom stereocenters. The predicted molar refractivity (Wildman–Crippen MR) is 102 cm³/mol. The van der Waals surface area contributed by atoms with Crippen LogP contribution in [0.2, 0.25) is 5.02 Å². The molecule has 1 fully saturated rings. The van der Waals surface area contributed by atoms with Gasteiger partial charge in [-0.2, -0.15) is 0 Å². The van der Waals surface area contributed by atoms with Crippen LogP contribution in [-0.2, 0) is 9.59 Å². The van der Waals surface area contributed by atoms with Crippen LogP contribution in [0.15, 0.2) is 60.2 Å². The smallest absolute Gasteiger partial charge is 0.295 e. The Bertz CT molecular complexity index is 874. The highest BCUT2D eigenvalue weighted by molar-refractivity contribution is 6.47. The maximum Gasteiger partial charge on any atom is 0.295 e. The number of ketones is 1. The van der Waals surface area contributed by atoms with E-state index >= 15 is 0 Å². The van der Waals surface area contributed by atoms with Crippen molar-refractivity contribution in [3.63, 3.8) is 0 Å². The molecule has 0 aromatic heterocycles. The summed E-state index contributed by atoms with van der Waals surface area (Å²) in [5.41, 5.74) is 1.20. The third kappa shape index (κ3) is 3.25. The van der Waals surface area contributed by atoms with Crippen molar-refractivity contribution in [1.82, 2.24) is 4.90 Å². The first-order chi connectivity index (χ1) is 12.4. The lowest BCUT2D eigenvalue weighted by Gasteiger charge is -2.27. The van der Waals surface area contributed by atoms with Crippen molar-refractivity contribution in [3.8, 4) is 0 Å². The number of rotatable bonds is 4. The molecule has 134 valence electrons. The third-order valence-corrected chi connectivity index (χ3v) is 4.69. The normalized spacial score (nSPS) is 19.4. The highest BCUT2D eigenvalue weighted by Gasteiger charge is 2.46. The first kappa shape index (κ1) is 18.2. The van der Waals surface area contributed by atoms with E-state index in [0.717, 1.165) is 0 Å². The zero-order chi connectivity index (χ0) is 18.8. The summed E-state index contributed by atoms with van der Waals surface area (Å²) in [5.74, 6) is -1.31. The van der Waals surface area contributed by atoms with Crippen molar-refractivity contribution in [1.29, 1.82) is 0 Å². The number of carbonyl (C=O) groups is 2. The average Bonchev–Trinajstić information content (AvgIpc) is 2.87. The number of amides is 1. The second kappa shape index (κ2) is 7.34. The van der Waals surface area contributed by atoms with Crippen molar-refractivity contribution in [2.24, 2.45) is 5.92 Å². The van der Waals surface area contributed by atoms with Gasteiger partial charge in [0, 0.05) is 17.1 Å². The van der Waals surface area contributed by atoms with Crippen LogP contribution in [-0.4, -0.2) is 28.2 Å². The zero-order valence-corrected chi connectivity index (χ0v) is 15.4. The largest absolute Gasteiger partial charge is 0.507 e. The van der Waals surface area contributed by atoms with Crippen molar-refractivity contribution < 1.29 is 14.7 Å². The molecule has 1 aliphatic heterocycles. The minimum absolute atomic E-state index is 0.0787. The molecule has 1 N–H and O–H groups in total. The molecule has 1 heterocycles. The molecule has 1 amide bonds. The van der Waals surface area contributed by atoms with E-state index < -0.39 is 17.7 Å². The van der Waals surface area contributed by atoms with Crippen LogP contribution in [0.5, 0.6) is 0 Å². The Hall–Kier alpha value is -2.59. The standard InChI is InChI=1S/C21H20ClNO3/c1-13(2)12-23-18(15-10-6-7-11-16(15)22)17(20(25)21(23)26)19(24)14-8-4-3-5-9-14/h3-11,13,18,24H,12H2,1-2H3/b19-17+. The van der Waals surface area contributed by atoms with Crippen LogP contribution in [0, 0.1) is 5.92 Å². The van der Waals surface area contributed by atoms with Crippen LogP contribution in [0.1, 0.15) is 31.0 Å². The maximum absolute atomic E-state index is 12.8. The Morgan fingerprint density at radius 2 is 1.69 bits per heavy atom. The summed E-state index contributed by atoms with van der Waals surface area (Å²) >= 11 is 6.36. The molecule has 1 saturated heterocycles. The Kier molecular flexibility index (Phi) is 5.14. The van der Waals surface area contributed by atoms with Crippen molar-refractivity contribution in [2.75, 3.05) is 6.54 Å². The molecule has 0 aliphatic carbocycles. The van der Waals surface area contributed by atoms with Crippen LogP contribution in [0.3, 0.4) is 0 Å².